The van der Waals surface area contributed by atoms with Gasteiger partial charge in [0.2, 0.25) is 5.91 Å². The fourth-order valence-electron chi connectivity index (χ4n) is 2.94. The third-order valence-electron chi connectivity index (χ3n) is 4.35. The highest BCUT2D eigenvalue weighted by Gasteiger charge is 2.29. The van der Waals surface area contributed by atoms with E-state index in [0.717, 1.165) is 31.7 Å². The molecule has 0 radical (unpaired) electrons. The first-order chi connectivity index (χ1) is 9.19. The van der Waals surface area contributed by atoms with Crippen LogP contribution in [0.25, 0.3) is 0 Å². The number of ether oxygens (including phenoxy) is 1. The summed E-state index contributed by atoms with van der Waals surface area (Å²) in [7, 11) is 2.17. The molecule has 0 aliphatic carbocycles. The number of nitrogens with zero attached hydrogens (tertiary/aromatic N) is 1. The van der Waals surface area contributed by atoms with E-state index < -0.39 is 0 Å². The van der Waals surface area contributed by atoms with E-state index in [1.165, 1.54) is 25.9 Å². The molecule has 19 heavy (non-hydrogen) atoms. The van der Waals surface area contributed by atoms with Crippen LogP contribution in [0.3, 0.4) is 0 Å². The Balaban J connectivity index is 1.59. The van der Waals surface area contributed by atoms with E-state index in [1.807, 2.05) is 0 Å². The van der Waals surface area contributed by atoms with Gasteiger partial charge >= 0.3 is 0 Å². The third-order valence-corrected chi connectivity index (χ3v) is 4.35. The van der Waals surface area contributed by atoms with Crippen molar-refractivity contribution in [2.24, 2.45) is 11.7 Å². The van der Waals surface area contributed by atoms with Crippen molar-refractivity contribution in [2.75, 3.05) is 33.2 Å². The number of amides is 1. The maximum atomic E-state index is 11.9. The Morgan fingerprint density at radius 2 is 2.05 bits per heavy atom. The van der Waals surface area contributed by atoms with Gasteiger partial charge in [-0.25, -0.2) is 0 Å². The zero-order valence-corrected chi connectivity index (χ0v) is 11.9. The Labute approximate surface area is 115 Å². The normalized spacial score (nSPS) is 29.6. The molecule has 0 aromatic rings. The highest BCUT2D eigenvalue weighted by atomic mass is 16.5. The lowest BCUT2D eigenvalue weighted by Crippen LogP contribution is -2.37. The van der Waals surface area contributed by atoms with Gasteiger partial charge in [0.05, 0.1) is 6.10 Å². The molecule has 2 fully saturated rings. The van der Waals surface area contributed by atoms with Crippen LogP contribution >= 0.6 is 0 Å². The van der Waals surface area contributed by atoms with E-state index in [9.17, 15) is 4.79 Å². The topological polar surface area (TPSA) is 67.6 Å². The Bertz CT molecular complexity index is 290. The van der Waals surface area contributed by atoms with Crippen molar-refractivity contribution in [3.63, 3.8) is 0 Å². The number of hydrogen-bond acceptors (Lipinski definition) is 4. The smallest absolute Gasteiger partial charge is 0.249 e. The molecule has 0 bridgehead atoms. The van der Waals surface area contributed by atoms with E-state index in [1.54, 1.807) is 0 Å². The zero-order valence-electron chi connectivity index (χ0n) is 11.9. The van der Waals surface area contributed by atoms with Crippen molar-refractivity contribution in [1.29, 1.82) is 0 Å². The Morgan fingerprint density at radius 3 is 2.68 bits per heavy atom. The highest BCUT2D eigenvalue weighted by Crippen LogP contribution is 2.20. The summed E-state index contributed by atoms with van der Waals surface area (Å²) in [5.74, 6) is 0.807. The molecule has 2 atom stereocenters. The molecule has 2 saturated heterocycles. The molecule has 110 valence electrons. The average molecular weight is 269 g/mol. The molecule has 5 nitrogen and oxygen atoms in total. The standard InChI is InChI=1S/C14H27N3O2/c1-17-8-5-11(6-9-17)4-7-16-14(18)13-3-2-12(10-15)19-13/h11-13H,2-10,15H2,1H3,(H,16,18)/t12-,13+/m1/s1. The quantitative estimate of drug-likeness (QED) is 0.755. The highest BCUT2D eigenvalue weighted by molar-refractivity contribution is 5.80. The molecule has 0 aromatic heterocycles. The molecule has 2 heterocycles. The minimum Gasteiger partial charge on any atom is -0.364 e. The summed E-state index contributed by atoms with van der Waals surface area (Å²) in [4.78, 5) is 14.3. The third kappa shape index (κ3) is 4.44. The van der Waals surface area contributed by atoms with Gasteiger partial charge in [0.15, 0.2) is 0 Å². The largest absolute Gasteiger partial charge is 0.364 e. The van der Waals surface area contributed by atoms with Crippen molar-refractivity contribution in [3.05, 3.63) is 0 Å². The lowest BCUT2D eigenvalue weighted by atomic mass is 9.94. The van der Waals surface area contributed by atoms with Gasteiger partial charge < -0.3 is 20.7 Å². The molecular formula is C14H27N3O2. The molecule has 0 spiro atoms. The van der Waals surface area contributed by atoms with Gasteiger partial charge in [-0.3, -0.25) is 4.79 Å². The van der Waals surface area contributed by atoms with E-state index >= 15 is 0 Å². The summed E-state index contributed by atoms with van der Waals surface area (Å²) in [6.45, 7) is 3.66. The second-order valence-corrected chi connectivity index (χ2v) is 5.89. The predicted octanol–water partition coefficient (Wildman–Crippen LogP) is 0.341. The van der Waals surface area contributed by atoms with Crippen LogP contribution in [-0.2, 0) is 9.53 Å². The lowest BCUT2D eigenvalue weighted by Gasteiger charge is -2.29. The van der Waals surface area contributed by atoms with E-state index in [0.29, 0.717) is 6.54 Å². The van der Waals surface area contributed by atoms with E-state index in [-0.39, 0.29) is 18.1 Å². The summed E-state index contributed by atoms with van der Waals surface area (Å²) in [5, 5.41) is 3.01. The van der Waals surface area contributed by atoms with Gasteiger partial charge in [0.25, 0.3) is 0 Å². The molecule has 1 amide bonds. The maximum absolute atomic E-state index is 11.9. The summed E-state index contributed by atoms with van der Waals surface area (Å²) in [6.07, 6.45) is 5.11. The number of likely N-dealkylation sites (tertiary alicyclic amines) is 1. The number of nitrogens with two attached hydrogens (primary N) is 1. The van der Waals surface area contributed by atoms with E-state index in [2.05, 4.69) is 17.3 Å². The number of nitrogens with one attached hydrogen (secondary N) is 1. The van der Waals surface area contributed by atoms with Crippen molar-refractivity contribution in [1.82, 2.24) is 10.2 Å². The number of piperidine rings is 1. The zero-order chi connectivity index (χ0) is 13.7. The lowest BCUT2D eigenvalue weighted by molar-refractivity contribution is -0.131. The van der Waals surface area contributed by atoms with Gasteiger partial charge in [-0.1, -0.05) is 0 Å². The number of carbonyl (C=O) groups excluding carboxylic acids is 1. The second-order valence-electron chi connectivity index (χ2n) is 5.89. The average Bonchev–Trinajstić information content (AvgIpc) is 2.90. The van der Waals surface area contributed by atoms with Gasteiger partial charge in [0.1, 0.15) is 6.10 Å². The molecule has 0 aromatic carbocycles. The Morgan fingerprint density at radius 1 is 1.32 bits per heavy atom. The van der Waals surface area contributed by atoms with Crippen LogP contribution < -0.4 is 11.1 Å². The van der Waals surface area contributed by atoms with Gasteiger partial charge in [0, 0.05) is 13.1 Å². The van der Waals surface area contributed by atoms with Gasteiger partial charge in [-0.15, -0.1) is 0 Å². The molecule has 2 aliphatic rings. The summed E-state index contributed by atoms with van der Waals surface area (Å²) in [5.41, 5.74) is 5.54. The van der Waals surface area contributed by atoms with Crippen molar-refractivity contribution >= 4 is 5.91 Å². The fraction of sp³-hybridized carbons (Fsp3) is 0.929. The van der Waals surface area contributed by atoms with Crippen LogP contribution in [0.4, 0.5) is 0 Å². The Hall–Kier alpha value is -0.650. The summed E-state index contributed by atoms with van der Waals surface area (Å²) in [6, 6.07) is 0. The van der Waals surface area contributed by atoms with Gasteiger partial charge in [-0.2, -0.15) is 0 Å². The molecule has 0 saturated carbocycles. The fourth-order valence-corrected chi connectivity index (χ4v) is 2.94. The molecule has 0 unspecified atom stereocenters. The number of rotatable bonds is 5. The first-order valence-electron chi connectivity index (χ1n) is 7.51. The van der Waals surface area contributed by atoms with E-state index in [4.69, 9.17) is 10.5 Å². The van der Waals surface area contributed by atoms with Crippen molar-refractivity contribution in [3.8, 4) is 0 Å². The minimum absolute atomic E-state index is 0.0453. The molecule has 2 aliphatic heterocycles. The van der Waals surface area contributed by atoms with Crippen LogP contribution in [0.2, 0.25) is 0 Å². The SMILES string of the molecule is CN1CCC(CCNC(=O)[C@@H]2CC[C@H](CN)O2)CC1. The second kappa shape index (κ2) is 7.22. The van der Waals surface area contributed by atoms with Crippen LogP contribution in [-0.4, -0.2) is 56.2 Å². The first kappa shape index (κ1) is 14.8. The first-order valence-corrected chi connectivity index (χ1v) is 7.51. The maximum Gasteiger partial charge on any atom is 0.249 e. The number of carbonyl (C=O) groups is 1. The molecule has 3 N–H and O–H groups in total. The van der Waals surface area contributed by atoms with Crippen LogP contribution in [0.15, 0.2) is 0 Å². The van der Waals surface area contributed by atoms with Crippen LogP contribution in [0.5, 0.6) is 0 Å². The summed E-state index contributed by atoms with van der Waals surface area (Å²) < 4.78 is 5.59. The summed E-state index contributed by atoms with van der Waals surface area (Å²) >= 11 is 0. The van der Waals surface area contributed by atoms with Crippen LogP contribution in [0, 0.1) is 5.92 Å². The molecular weight excluding hydrogens is 242 g/mol. The number of hydrogen-bond donors (Lipinski definition) is 2. The van der Waals surface area contributed by atoms with Gasteiger partial charge in [-0.05, 0) is 58.2 Å². The molecule has 2 rings (SSSR count). The molecule has 5 heteroatoms. The van der Waals surface area contributed by atoms with Crippen molar-refractivity contribution < 1.29 is 9.53 Å². The monoisotopic (exact) mass is 269 g/mol. The van der Waals surface area contributed by atoms with Crippen molar-refractivity contribution in [2.45, 2.75) is 44.3 Å². The Kier molecular flexibility index (Phi) is 5.60. The predicted molar refractivity (Wildman–Crippen MR) is 74.8 cm³/mol. The minimum atomic E-state index is -0.272. The van der Waals surface area contributed by atoms with Crippen LogP contribution in [0.1, 0.15) is 32.1 Å².